The van der Waals surface area contributed by atoms with Crippen LogP contribution in [0, 0.1) is 0 Å². The van der Waals surface area contributed by atoms with Crippen molar-refractivity contribution in [1.29, 1.82) is 0 Å². The van der Waals surface area contributed by atoms with Crippen LogP contribution in [0.4, 0.5) is 5.69 Å². The summed E-state index contributed by atoms with van der Waals surface area (Å²) < 4.78 is 1.75. The van der Waals surface area contributed by atoms with Crippen LogP contribution in [0.15, 0.2) is 22.0 Å². The smallest absolute Gasteiger partial charge is 0.337 e. The first-order valence-corrected chi connectivity index (χ1v) is 5.46. The number of hydrogen-bond acceptors (Lipinski definition) is 3. The molecule has 0 aliphatic carbocycles. The monoisotopic (exact) mass is 271 g/mol. The molecule has 0 amide bonds. The lowest BCUT2D eigenvalue weighted by Crippen LogP contribution is -1.96. The van der Waals surface area contributed by atoms with Gasteiger partial charge in [0.1, 0.15) is 0 Å². The molecule has 3 nitrogen and oxygen atoms in total. The lowest BCUT2D eigenvalue weighted by molar-refractivity contribution is 0.0699. The number of nitrogens with two attached hydrogens (primary N) is 1. The summed E-state index contributed by atoms with van der Waals surface area (Å²) in [5.74, 6) is -0.940. The summed E-state index contributed by atoms with van der Waals surface area (Å²) in [4.78, 5) is 10.9. The van der Waals surface area contributed by atoms with E-state index in [0.717, 1.165) is 9.17 Å². The summed E-state index contributed by atoms with van der Waals surface area (Å²) >= 11 is 4.69. The molecule has 2 rings (SSSR count). The minimum absolute atomic E-state index is 0.273. The molecule has 0 bridgehead atoms. The summed E-state index contributed by atoms with van der Waals surface area (Å²) in [6.45, 7) is 0. The van der Waals surface area contributed by atoms with E-state index in [1.54, 1.807) is 11.4 Å². The quantitative estimate of drug-likeness (QED) is 0.784. The van der Waals surface area contributed by atoms with Gasteiger partial charge in [-0.3, -0.25) is 0 Å². The molecule has 0 fully saturated rings. The number of fused-ring (bicyclic) bond motifs is 1. The number of anilines is 1. The predicted molar refractivity (Wildman–Crippen MR) is 60.9 cm³/mol. The standard InChI is InChI=1S/C9H6BrNO2S/c10-4-1-6(11)8-5(9(12)13)3-14-7(8)2-4/h1-3H,11H2,(H,12,13). The van der Waals surface area contributed by atoms with Crippen LogP contribution >= 0.6 is 27.3 Å². The van der Waals surface area contributed by atoms with Gasteiger partial charge in [-0.1, -0.05) is 15.9 Å². The number of aromatic carboxylic acids is 1. The molecule has 0 unspecified atom stereocenters. The molecule has 1 heterocycles. The average molecular weight is 272 g/mol. The SMILES string of the molecule is Nc1cc(Br)cc2scc(C(=O)O)c12. The summed E-state index contributed by atoms with van der Waals surface area (Å²) in [7, 11) is 0. The van der Waals surface area contributed by atoms with Gasteiger partial charge in [0.05, 0.1) is 5.56 Å². The zero-order valence-corrected chi connectivity index (χ0v) is 9.35. The Morgan fingerprint density at radius 3 is 2.86 bits per heavy atom. The largest absolute Gasteiger partial charge is 0.478 e. The van der Waals surface area contributed by atoms with E-state index >= 15 is 0 Å². The highest BCUT2D eigenvalue weighted by atomic mass is 79.9. The number of thiophene rings is 1. The molecule has 14 heavy (non-hydrogen) atoms. The number of hydrogen-bond donors (Lipinski definition) is 2. The highest BCUT2D eigenvalue weighted by Crippen LogP contribution is 2.33. The third-order valence-electron chi connectivity index (χ3n) is 1.90. The lowest BCUT2D eigenvalue weighted by atomic mass is 10.1. The van der Waals surface area contributed by atoms with Crippen molar-refractivity contribution in [3.63, 3.8) is 0 Å². The number of nitrogen functional groups attached to an aromatic ring is 1. The molecule has 1 aromatic heterocycles. The van der Waals surface area contributed by atoms with Gasteiger partial charge in [-0.05, 0) is 12.1 Å². The first-order valence-electron chi connectivity index (χ1n) is 3.79. The highest BCUT2D eigenvalue weighted by molar-refractivity contribution is 9.10. The Morgan fingerprint density at radius 1 is 1.50 bits per heavy atom. The average Bonchev–Trinajstić information content (AvgIpc) is 2.47. The molecule has 0 atom stereocenters. The Labute approximate surface area is 92.3 Å². The number of rotatable bonds is 1. The Bertz CT molecular complexity index is 521. The van der Waals surface area contributed by atoms with Gasteiger partial charge >= 0.3 is 5.97 Å². The molecule has 0 aliphatic rings. The molecule has 0 spiro atoms. The van der Waals surface area contributed by atoms with Crippen molar-refractivity contribution < 1.29 is 9.90 Å². The Balaban J connectivity index is 2.85. The van der Waals surface area contributed by atoms with Gasteiger partial charge in [0.2, 0.25) is 0 Å². The van der Waals surface area contributed by atoms with Crippen LogP contribution in [0.1, 0.15) is 10.4 Å². The fraction of sp³-hybridized carbons (Fsp3) is 0. The molecule has 5 heteroatoms. The van der Waals surface area contributed by atoms with Crippen molar-refractivity contribution in [2.24, 2.45) is 0 Å². The summed E-state index contributed by atoms with van der Waals surface area (Å²) in [6.07, 6.45) is 0. The first-order chi connectivity index (χ1) is 6.59. The zero-order valence-electron chi connectivity index (χ0n) is 6.95. The fourth-order valence-corrected chi connectivity index (χ4v) is 2.95. The van der Waals surface area contributed by atoms with Crippen LogP contribution < -0.4 is 5.73 Å². The Hall–Kier alpha value is -1.07. The summed E-state index contributed by atoms with van der Waals surface area (Å²) in [5, 5.41) is 11.1. The van der Waals surface area contributed by atoms with Gasteiger partial charge in [-0.25, -0.2) is 4.79 Å². The van der Waals surface area contributed by atoms with E-state index in [-0.39, 0.29) is 5.56 Å². The maximum Gasteiger partial charge on any atom is 0.337 e. The second kappa shape index (κ2) is 3.25. The number of halogens is 1. The molecular weight excluding hydrogens is 266 g/mol. The van der Waals surface area contributed by atoms with E-state index in [0.29, 0.717) is 11.1 Å². The van der Waals surface area contributed by atoms with Gasteiger partial charge in [0.25, 0.3) is 0 Å². The molecule has 0 saturated heterocycles. The number of benzene rings is 1. The second-order valence-corrected chi connectivity index (χ2v) is 4.65. The third-order valence-corrected chi connectivity index (χ3v) is 3.29. The van der Waals surface area contributed by atoms with Gasteiger partial charge < -0.3 is 10.8 Å². The van der Waals surface area contributed by atoms with Crippen molar-refractivity contribution in [2.45, 2.75) is 0 Å². The minimum atomic E-state index is -0.940. The van der Waals surface area contributed by atoms with E-state index in [4.69, 9.17) is 10.8 Å². The molecule has 72 valence electrons. The van der Waals surface area contributed by atoms with Gasteiger partial charge in [0, 0.05) is 25.6 Å². The van der Waals surface area contributed by atoms with Crippen LogP contribution in [-0.2, 0) is 0 Å². The number of carboxylic acid groups (broad SMARTS) is 1. The van der Waals surface area contributed by atoms with E-state index in [9.17, 15) is 4.79 Å². The highest BCUT2D eigenvalue weighted by Gasteiger charge is 2.13. The van der Waals surface area contributed by atoms with Crippen LogP contribution in [0.3, 0.4) is 0 Å². The predicted octanol–water partition coefficient (Wildman–Crippen LogP) is 2.94. The summed E-state index contributed by atoms with van der Waals surface area (Å²) in [5.41, 5.74) is 6.52. The van der Waals surface area contributed by atoms with Crippen molar-refractivity contribution in [2.75, 3.05) is 5.73 Å². The van der Waals surface area contributed by atoms with Crippen molar-refractivity contribution in [1.82, 2.24) is 0 Å². The van der Waals surface area contributed by atoms with E-state index in [1.165, 1.54) is 11.3 Å². The topological polar surface area (TPSA) is 63.3 Å². The molecule has 2 aromatic rings. The van der Waals surface area contributed by atoms with Gasteiger partial charge in [0.15, 0.2) is 0 Å². The van der Waals surface area contributed by atoms with Crippen LogP contribution in [0.25, 0.3) is 10.1 Å². The van der Waals surface area contributed by atoms with Gasteiger partial charge in [-0.15, -0.1) is 11.3 Å². The molecule has 0 saturated carbocycles. The second-order valence-electron chi connectivity index (χ2n) is 2.82. The van der Waals surface area contributed by atoms with Crippen LogP contribution in [0.2, 0.25) is 0 Å². The van der Waals surface area contributed by atoms with Gasteiger partial charge in [-0.2, -0.15) is 0 Å². The minimum Gasteiger partial charge on any atom is -0.478 e. The normalized spacial score (nSPS) is 10.6. The molecule has 1 aromatic carbocycles. The van der Waals surface area contributed by atoms with Crippen molar-refractivity contribution >= 4 is 49.0 Å². The first kappa shape index (κ1) is 9.48. The molecule has 0 aliphatic heterocycles. The zero-order chi connectivity index (χ0) is 10.3. The Morgan fingerprint density at radius 2 is 2.21 bits per heavy atom. The van der Waals surface area contributed by atoms with E-state index in [1.807, 2.05) is 6.07 Å². The molecule has 3 N–H and O–H groups in total. The maximum atomic E-state index is 10.9. The Kier molecular flexibility index (Phi) is 2.20. The molecule has 0 radical (unpaired) electrons. The number of carbonyl (C=O) groups is 1. The maximum absolute atomic E-state index is 10.9. The number of carboxylic acids is 1. The van der Waals surface area contributed by atoms with E-state index in [2.05, 4.69) is 15.9 Å². The fourth-order valence-electron chi connectivity index (χ4n) is 1.32. The van der Waals surface area contributed by atoms with Crippen molar-refractivity contribution in [3.8, 4) is 0 Å². The molecular formula is C9H6BrNO2S. The van der Waals surface area contributed by atoms with Crippen molar-refractivity contribution in [3.05, 3.63) is 27.5 Å². The third kappa shape index (κ3) is 1.38. The summed E-state index contributed by atoms with van der Waals surface area (Å²) in [6, 6.07) is 3.57. The van der Waals surface area contributed by atoms with Crippen LogP contribution in [0.5, 0.6) is 0 Å². The van der Waals surface area contributed by atoms with Crippen LogP contribution in [-0.4, -0.2) is 11.1 Å². The lowest BCUT2D eigenvalue weighted by Gasteiger charge is -1.99. The van der Waals surface area contributed by atoms with E-state index < -0.39 is 5.97 Å².